The van der Waals surface area contributed by atoms with Crippen LogP contribution >= 0.6 is 11.3 Å². The molecule has 1 N–H and O–H groups in total. The Morgan fingerprint density at radius 3 is 2.88 bits per heavy atom. The number of nitrogens with one attached hydrogen (secondary N) is 1. The van der Waals surface area contributed by atoms with Gasteiger partial charge in [-0.15, -0.1) is 11.3 Å². The fourth-order valence-corrected chi connectivity index (χ4v) is 4.88. The molecule has 140 valence electrons. The van der Waals surface area contributed by atoms with Crippen LogP contribution in [0.25, 0.3) is 0 Å². The number of aryl methyl sites for hydroxylation is 2. The first kappa shape index (κ1) is 17.7. The SMILES string of the molecule is Cc1ncsc1C(=O)NCc1cc2n(n1)CCCN(C1CCCCC1)C2. The summed E-state index contributed by atoms with van der Waals surface area (Å²) in [6, 6.07) is 2.91. The van der Waals surface area contributed by atoms with E-state index in [1.54, 1.807) is 5.51 Å². The number of fused-ring (bicyclic) bond motifs is 1. The molecule has 1 saturated carbocycles. The number of hydrogen-bond acceptors (Lipinski definition) is 5. The molecule has 26 heavy (non-hydrogen) atoms. The van der Waals surface area contributed by atoms with E-state index in [9.17, 15) is 4.79 Å². The Labute approximate surface area is 158 Å². The molecule has 0 bridgehead atoms. The average molecular weight is 374 g/mol. The highest BCUT2D eigenvalue weighted by molar-refractivity contribution is 7.11. The van der Waals surface area contributed by atoms with Crippen molar-refractivity contribution < 1.29 is 4.79 Å². The number of hydrogen-bond donors (Lipinski definition) is 1. The molecule has 0 unspecified atom stereocenters. The number of rotatable bonds is 4. The van der Waals surface area contributed by atoms with Gasteiger partial charge in [0, 0.05) is 25.7 Å². The van der Waals surface area contributed by atoms with Crippen molar-refractivity contribution in [3.8, 4) is 0 Å². The Balaban J connectivity index is 1.40. The van der Waals surface area contributed by atoms with Crippen LogP contribution in [0.5, 0.6) is 0 Å². The van der Waals surface area contributed by atoms with Gasteiger partial charge in [0.15, 0.2) is 0 Å². The van der Waals surface area contributed by atoms with Crippen LogP contribution in [0.4, 0.5) is 0 Å². The van der Waals surface area contributed by atoms with Gasteiger partial charge in [-0.3, -0.25) is 14.4 Å². The zero-order valence-corrected chi connectivity index (χ0v) is 16.2. The molecule has 2 aromatic heterocycles. The first-order chi connectivity index (χ1) is 12.7. The Morgan fingerprint density at radius 2 is 2.12 bits per heavy atom. The highest BCUT2D eigenvalue weighted by atomic mass is 32.1. The highest BCUT2D eigenvalue weighted by Crippen LogP contribution is 2.26. The van der Waals surface area contributed by atoms with E-state index in [1.165, 1.54) is 55.7 Å². The standard InChI is InChI=1S/C19H27N5OS/c1-14-18(26-13-21-14)19(25)20-11-15-10-17-12-23(8-5-9-24(17)22-15)16-6-3-2-4-7-16/h10,13,16H,2-9,11-12H2,1H3,(H,20,25). The van der Waals surface area contributed by atoms with Gasteiger partial charge < -0.3 is 5.32 Å². The maximum Gasteiger partial charge on any atom is 0.263 e. The van der Waals surface area contributed by atoms with E-state index < -0.39 is 0 Å². The molecule has 7 heteroatoms. The molecule has 2 aromatic rings. The predicted octanol–water partition coefficient (Wildman–Crippen LogP) is 3.12. The number of carbonyl (C=O) groups is 1. The summed E-state index contributed by atoms with van der Waals surface area (Å²) >= 11 is 1.38. The number of aromatic nitrogens is 3. The van der Waals surface area contributed by atoms with E-state index >= 15 is 0 Å². The summed E-state index contributed by atoms with van der Waals surface area (Å²) < 4.78 is 2.14. The van der Waals surface area contributed by atoms with Crippen LogP contribution in [-0.4, -0.2) is 38.2 Å². The molecule has 0 radical (unpaired) electrons. The fourth-order valence-electron chi connectivity index (χ4n) is 4.16. The zero-order valence-electron chi connectivity index (χ0n) is 15.4. The van der Waals surface area contributed by atoms with E-state index in [2.05, 4.69) is 25.9 Å². The lowest BCUT2D eigenvalue weighted by molar-refractivity contribution is 0.0953. The first-order valence-corrected chi connectivity index (χ1v) is 10.6. The molecule has 6 nitrogen and oxygen atoms in total. The molecule has 0 spiro atoms. The summed E-state index contributed by atoms with van der Waals surface area (Å²) in [6.45, 7) is 5.47. The Hall–Kier alpha value is -1.73. The number of amides is 1. The summed E-state index contributed by atoms with van der Waals surface area (Å²) in [5.74, 6) is -0.0583. The quantitative estimate of drug-likeness (QED) is 0.894. The summed E-state index contributed by atoms with van der Waals surface area (Å²) in [7, 11) is 0. The van der Waals surface area contributed by atoms with Crippen LogP contribution in [0, 0.1) is 6.92 Å². The number of thiazole rings is 1. The minimum atomic E-state index is -0.0583. The molecule has 1 aliphatic heterocycles. The molecule has 0 saturated heterocycles. The molecular formula is C19H27N5OS. The van der Waals surface area contributed by atoms with E-state index in [0.717, 1.165) is 36.9 Å². The summed E-state index contributed by atoms with van der Waals surface area (Å²) in [6.07, 6.45) is 7.96. The van der Waals surface area contributed by atoms with Crippen molar-refractivity contribution in [1.29, 1.82) is 0 Å². The predicted molar refractivity (Wildman–Crippen MR) is 102 cm³/mol. The van der Waals surface area contributed by atoms with Crippen molar-refractivity contribution >= 4 is 17.2 Å². The van der Waals surface area contributed by atoms with E-state index in [0.29, 0.717) is 11.4 Å². The van der Waals surface area contributed by atoms with Crippen molar-refractivity contribution in [1.82, 2.24) is 25.0 Å². The van der Waals surface area contributed by atoms with Gasteiger partial charge in [0.25, 0.3) is 5.91 Å². The lowest BCUT2D eigenvalue weighted by Crippen LogP contribution is -2.36. The number of nitrogens with zero attached hydrogens (tertiary/aromatic N) is 4. The third-order valence-electron chi connectivity index (χ3n) is 5.57. The third-order valence-corrected chi connectivity index (χ3v) is 6.49. The topological polar surface area (TPSA) is 63.1 Å². The smallest absolute Gasteiger partial charge is 0.263 e. The summed E-state index contributed by atoms with van der Waals surface area (Å²) in [5.41, 5.74) is 4.73. The first-order valence-electron chi connectivity index (χ1n) is 9.68. The van der Waals surface area contributed by atoms with Crippen LogP contribution in [0.1, 0.15) is 65.3 Å². The highest BCUT2D eigenvalue weighted by Gasteiger charge is 2.24. The van der Waals surface area contributed by atoms with Crippen LogP contribution in [0.2, 0.25) is 0 Å². The van der Waals surface area contributed by atoms with Crippen LogP contribution in [-0.2, 0) is 19.6 Å². The van der Waals surface area contributed by atoms with Crippen molar-refractivity contribution in [3.05, 3.63) is 33.5 Å². The van der Waals surface area contributed by atoms with E-state index in [-0.39, 0.29) is 5.91 Å². The lowest BCUT2D eigenvalue weighted by atomic mass is 9.94. The Bertz CT molecular complexity index is 762. The van der Waals surface area contributed by atoms with Crippen LogP contribution in [0.3, 0.4) is 0 Å². The molecule has 4 rings (SSSR count). The van der Waals surface area contributed by atoms with Crippen molar-refractivity contribution in [3.63, 3.8) is 0 Å². The molecule has 0 atom stereocenters. The Kier molecular flexibility index (Phi) is 5.36. The minimum Gasteiger partial charge on any atom is -0.346 e. The van der Waals surface area contributed by atoms with Crippen LogP contribution < -0.4 is 5.32 Å². The zero-order chi connectivity index (χ0) is 17.9. The second-order valence-electron chi connectivity index (χ2n) is 7.42. The summed E-state index contributed by atoms with van der Waals surface area (Å²) in [4.78, 5) is 19.8. The lowest BCUT2D eigenvalue weighted by Gasteiger charge is -2.33. The van der Waals surface area contributed by atoms with Gasteiger partial charge in [0.2, 0.25) is 0 Å². The van der Waals surface area contributed by atoms with Gasteiger partial charge in [0.05, 0.1) is 29.1 Å². The average Bonchev–Trinajstić information content (AvgIpc) is 3.20. The van der Waals surface area contributed by atoms with E-state index in [1.807, 2.05) is 6.92 Å². The second kappa shape index (κ2) is 7.88. The molecule has 3 heterocycles. The monoisotopic (exact) mass is 373 g/mol. The van der Waals surface area contributed by atoms with Crippen LogP contribution in [0.15, 0.2) is 11.6 Å². The van der Waals surface area contributed by atoms with Gasteiger partial charge in [0.1, 0.15) is 4.88 Å². The van der Waals surface area contributed by atoms with Crippen molar-refractivity contribution in [2.45, 2.75) is 71.1 Å². The number of carbonyl (C=O) groups excluding carboxylic acids is 1. The fraction of sp³-hybridized carbons (Fsp3) is 0.632. The maximum absolute atomic E-state index is 12.3. The largest absolute Gasteiger partial charge is 0.346 e. The molecule has 0 aromatic carbocycles. The molecule has 1 aliphatic carbocycles. The molecule has 1 fully saturated rings. The van der Waals surface area contributed by atoms with Crippen molar-refractivity contribution in [2.24, 2.45) is 0 Å². The van der Waals surface area contributed by atoms with Gasteiger partial charge in [-0.25, -0.2) is 4.98 Å². The second-order valence-corrected chi connectivity index (χ2v) is 8.27. The summed E-state index contributed by atoms with van der Waals surface area (Å²) in [5, 5.41) is 7.71. The van der Waals surface area contributed by atoms with Gasteiger partial charge in [-0.05, 0) is 32.3 Å². The normalized spacial score (nSPS) is 19.1. The Morgan fingerprint density at radius 1 is 1.27 bits per heavy atom. The molecular weight excluding hydrogens is 346 g/mol. The van der Waals surface area contributed by atoms with E-state index in [4.69, 9.17) is 5.10 Å². The van der Waals surface area contributed by atoms with Crippen molar-refractivity contribution in [2.75, 3.05) is 6.54 Å². The van der Waals surface area contributed by atoms with Gasteiger partial charge in [-0.1, -0.05) is 19.3 Å². The third kappa shape index (κ3) is 3.83. The minimum absolute atomic E-state index is 0.0583. The van der Waals surface area contributed by atoms with Gasteiger partial charge >= 0.3 is 0 Å². The molecule has 1 amide bonds. The van der Waals surface area contributed by atoms with Gasteiger partial charge in [-0.2, -0.15) is 5.10 Å². The maximum atomic E-state index is 12.3. The molecule has 2 aliphatic rings.